The Morgan fingerprint density at radius 2 is 1.71 bits per heavy atom. The molecule has 0 atom stereocenters. The SMILES string of the molecule is COC(=O)Cc1ccccc1CCl.O=C1Cc2ccccc2CO1. The van der Waals surface area contributed by atoms with Crippen LogP contribution < -0.4 is 0 Å². The third kappa shape index (κ3) is 5.10. The molecular weight excluding hydrogens is 328 g/mol. The van der Waals surface area contributed by atoms with Gasteiger partial charge in [-0.15, -0.1) is 11.6 Å². The predicted molar refractivity (Wildman–Crippen MR) is 91.7 cm³/mol. The van der Waals surface area contributed by atoms with Crippen molar-refractivity contribution in [3.63, 3.8) is 0 Å². The molecule has 1 heterocycles. The molecule has 4 nitrogen and oxygen atoms in total. The molecule has 0 amide bonds. The van der Waals surface area contributed by atoms with Crippen molar-refractivity contribution in [2.75, 3.05) is 7.11 Å². The summed E-state index contributed by atoms with van der Waals surface area (Å²) in [7, 11) is 1.38. The number of fused-ring (bicyclic) bond motifs is 1. The van der Waals surface area contributed by atoms with Crippen molar-refractivity contribution < 1.29 is 19.1 Å². The smallest absolute Gasteiger partial charge is 0.310 e. The van der Waals surface area contributed by atoms with Gasteiger partial charge in [0.05, 0.1) is 20.0 Å². The van der Waals surface area contributed by atoms with Crippen molar-refractivity contribution in [3.05, 3.63) is 70.8 Å². The number of rotatable bonds is 3. The fourth-order valence-corrected chi connectivity index (χ4v) is 2.58. The number of cyclic esters (lactones) is 1. The van der Waals surface area contributed by atoms with Gasteiger partial charge < -0.3 is 9.47 Å². The number of hydrogen-bond donors (Lipinski definition) is 0. The zero-order chi connectivity index (χ0) is 17.4. The first-order chi connectivity index (χ1) is 11.6. The van der Waals surface area contributed by atoms with Gasteiger partial charge in [0, 0.05) is 5.88 Å². The summed E-state index contributed by atoms with van der Waals surface area (Å²) in [6, 6.07) is 15.4. The lowest BCUT2D eigenvalue weighted by atomic mass is 10.0. The average molecular weight is 347 g/mol. The van der Waals surface area contributed by atoms with Gasteiger partial charge in [0.15, 0.2) is 0 Å². The van der Waals surface area contributed by atoms with Gasteiger partial charge in [-0.2, -0.15) is 0 Å². The Labute approximate surface area is 146 Å². The van der Waals surface area contributed by atoms with Crippen LogP contribution in [0.25, 0.3) is 0 Å². The molecule has 24 heavy (non-hydrogen) atoms. The Bertz CT molecular complexity index is 712. The van der Waals surface area contributed by atoms with Gasteiger partial charge in [0.1, 0.15) is 6.61 Å². The highest BCUT2D eigenvalue weighted by Gasteiger charge is 2.14. The number of ether oxygens (including phenoxy) is 2. The average Bonchev–Trinajstić information content (AvgIpc) is 2.62. The van der Waals surface area contributed by atoms with Crippen LogP contribution in [0.4, 0.5) is 0 Å². The quantitative estimate of drug-likeness (QED) is 0.631. The molecule has 1 aliphatic rings. The summed E-state index contributed by atoms with van der Waals surface area (Å²) in [4.78, 5) is 21.8. The first-order valence-corrected chi connectivity index (χ1v) is 8.09. The largest absolute Gasteiger partial charge is 0.469 e. The molecule has 2 aromatic carbocycles. The third-order valence-electron chi connectivity index (χ3n) is 3.67. The van der Waals surface area contributed by atoms with Gasteiger partial charge in [-0.25, -0.2) is 0 Å². The van der Waals surface area contributed by atoms with Crippen LogP contribution in [0, 0.1) is 0 Å². The summed E-state index contributed by atoms with van der Waals surface area (Å²) in [5.74, 6) is 0.0638. The molecule has 0 fully saturated rings. The Balaban J connectivity index is 0.000000175. The molecule has 0 radical (unpaired) electrons. The van der Waals surface area contributed by atoms with Gasteiger partial charge in [0.25, 0.3) is 0 Å². The van der Waals surface area contributed by atoms with Crippen molar-refractivity contribution in [2.24, 2.45) is 0 Å². The van der Waals surface area contributed by atoms with Crippen molar-refractivity contribution >= 4 is 23.5 Å². The van der Waals surface area contributed by atoms with Crippen LogP contribution >= 0.6 is 11.6 Å². The molecule has 0 saturated carbocycles. The highest BCUT2D eigenvalue weighted by molar-refractivity contribution is 6.17. The van der Waals surface area contributed by atoms with E-state index in [1.165, 1.54) is 7.11 Å². The lowest BCUT2D eigenvalue weighted by Gasteiger charge is -2.14. The number of benzene rings is 2. The van der Waals surface area contributed by atoms with Crippen LogP contribution in [0.15, 0.2) is 48.5 Å². The van der Waals surface area contributed by atoms with Gasteiger partial charge in [-0.1, -0.05) is 48.5 Å². The monoisotopic (exact) mass is 346 g/mol. The fraction of sp³-hybridized carbons (Fsp3) is 0.263. The Hall–Kier alpha value is -2.33. The molecule has 0 spiro atoms. The van der Waals surface area contributed by atoms with E-state index in [1.54, 1.807) is 0 Å². The molecular formula is C19H19ClO4. The summed E-state index contributed by atoms with van der Waals surface area (Å²) >= 11 is 5.71. The summed E-state index contributed by atoms with van der Waals surface area (Å²) in [5.41, 5.74) is 4.15. The maximum Gasteiger partial charge on any atom is 0.310 e. The number of alkyl halides is 1. The number of carbonyl (C=O) groups is 2. The molecule has 0 aromatic heterocycles. The van der Waals surface area contributed by atoms with E-state index in [4.69, 9.17) is 16.3 Å². The number of methoxy groups -OCH3 is 1. The van der Waals surface area contributed by atoms with Crippen LogP contribution in [-0.4, -0.2) is 19.0 Å². The van der Waals surface area contributed by atoms with E-state index in [0.29, 0.717) is 25.3 Å². The number of esters is 2. The second-order valence-electron chi connectivity index (χ2n) is 5.26. The summed E-state index contributed by atoms with van der Waals surface area (Å²) < 4.78 is 9.44. The first-order valence-electron chi connectivity index (χ1n) is 7.56. The van der Waals surface area contributed by atoms with Gasteiger partial charge in [-0.3, -0.25) is 9.59 Å². The minimum Gasteiger partial charge on any atom is -0.469 e. The lowest BCUT2D eigenvalue weighted by Crippen LogP contribution is -2.15. The van der Waals surface area contributed by atoms with E-state index < -0.39 is 0 Å². The van der Waals surface area contributed by atoms with E-state index in [9.17, 15) is 9.59 Å². The van der Waals surface area contributed by atoms with E-state index in [2.05, 4.69) is 4.74 Å². The molecule has 5 heteroatoms. The highest BCUT2D eigenvalue weighted by atomic mass is 35.5. The van der Waals surface area contributed by atoms with Crippen LogP contribution in [0.3, 0.4) is 0 Å². The second-order valence-corrected chi connectivity index (χ2v) is 5.53. The second kappa shape index (κ2) is 9.08. The zero-order valence-corrected chi connectivity index (χ0v) is 14.2. The van der Waals surface area contributed by atoms with E-state index in [1.807, 2.05) is 48.5 Å². The first kappa shape index (κ1) is 18.0. The number of hydrogen-bond acceptors (Lipinski definition) is 4. The van der Waals surface area contributed by atoms with Crippen LogP contribution in [0.1, 0.15) is 22.3 Å². The zero-order valence-electron chi connectivity index (χ0n) is 13.5. The van der Waals surface area contributed by atoms with Crippen molar-refractivity contribution in [1.82, 2.24) is 0 Å². The lowest BCUT2D eigenvalue weighted by molar-refractivity contribution is -0.145. The summed E-state index contributed by atoms with van der Waals surface area (Å²) in [6.45, 7) is 0.439. The topological polar surface area (TPSA) is 52.6 Å². The molecule has 126 valence electrons. The Kier molecular flexibility index (Phi) is 6.82. The maximum atomic E-state index is 11.0. The number of halogens is 1. The molecule has 3 rings (SSSR count). The molecule has 2 aromatic rings. The minimum absolute atomic E-state index is 0.122. The maximum absolute atomic E-state index is 11.0. The molecule has 0 aliphatic carbocycles. The van der Waals surface area contributed by atoms with Crippen molar-refractivity contribution in [1.29, 1.82) is 0 Å². The Morgan fingerprint density at radius 1 is 1.08 bits per heavy atom. The molecule has 0 bridgehead atoms. The molecule has 0 saturated heterocycles. The Morgan fingerprint density at radius 3 is 2.38 bits per heavy atom. The van der Waals surface area contributed by atoms with Crippen molar-refractivity contribution in [2.45, 2.75) is 25.3 Å². The van der Waals surface area contributed by atoms with Gasteiger partial charge in [-0.05, 0) is 22.3 Å². The van der Waals surface area contributed by atoms with Gasteiger partial charge in [0.2, 0.25) is 0 Å². The predicted octanol–water partition coefficient (Wildman–Crippen LogP) is 3.43. The molecule has 0 unspecified atom stereocenters. The van der Waals surface area contributed by atoms with E-state index >= 15 is 0 Å². The van der Waals surface area contributed by atoms with E-state index in [-0.39, 0.29) is 11.9 Å². The molecule has 1 aliphatic heterocycles. The van der Waals surface area contributed by atoms with Gasteiger partial charge >= 0.3 is 11.9 Å². The van der Waals surface area contributed by atoms with Crippen molar-refractivity contribution in [3.8, 4) is 0 Å². The van der Waals surface area contributed by atoms with Crippen LogP contribution in [-0.2, 0) is 44.4 Å². The fourth-order valence-electron chi connectivity index (χ4n) is 2.32. The highest BCUT2D eigenvalue weighted by Crippen LogP contribution is 2.16. The normalized spacial score (nSPS) is 12.3. The van der Waals surface area contributed by atoms with E-state index in [0.717, 1.165) is 22.3 Å². The minimum atomic E-state index is -0.238. The van der Waals surface area contributed by atoms with Crippen LogP contribution in [0.5, 0.6) is 0 Å². The van der Waals surface area contributed by atoms with Crippen LogP contribution in [0.2, 0.25) is 0 Å². The summed E-state index contributed by atoms with van der Waals surface area (Å²) in [6.07, 6.45) is 0.718. The summed E-state index contributed by atoms with van der Waals surface area (Å²) in [5, 5.41) is 0. The standard InChI is InChI=1S/C10H11ClO2.C9H8O2/c1-13-10(12)6-8-4-2-3-5-9(8)7-11;10-9-5-7-3-1-2-4-8(7)6-11-9/h2-5H,6-7H2,1H3;1-4H,5-6H2. The number of carbonyl (C=O) groups excluding carboxylic acids is 2. The molecule has 0 N–H and O–H groups in total. The third-order valence-corrected chi connectivity index (χ3v) is 3.95.